The van der Waals surface area contributed by atoms with Crippen molar-refractivity contribution < 1.29 is 27.6 Å². The predicted molar refractivity (Wildman–Crippen MR) is 90.6 cm³/mol. The summed E-state index contributed by atoms with van der Waals surface area (Å²) in [6.45, 7) is 10.5. The van der Waals surface area contributed by atoms with Crippen molar-refractivity contribution in [1.82, 2.24) is 0 Å². The molecule has 8 heteroatoms. The molecule has 0 radical (unpaired) electrons. The maximum absolute atomic E-state index is 13.2. The van der Waals surface area contributed by atoms with Crippen molar-refractivity contribution in [2.24, 2.45) is 0 Å². The normalized spacial score (nSPS) is 18.7. The molecule has 0 unspecified atom stereocenters. The van der Waals surface area contributed by atoms with Crippen LogP contribution in [-0.2, 0) is 17.0 Å². The minimum absolute atomic E-state index is 0.0129. The van der Waals surface area contributed by atoms with Gasteiger partial charge in [-0.05, 0) is 53.6 Å². The highest BCUT2D eigenvalue weighted by Gasteiger charge is 2.43. The first-order valence-electron chi connectivity index (χ1n) is 8.02. The highest BCUT2D eigenvalue weighted by atomic mass is 28.4. The second-order valence-electron chi connectivity index (χ2n) is 7.87. The maximum Gasteiger partial charge on any atom is 0.489 e. The van der Waals surface area contributed by atoms with E-state index in [2.05, 4.69) is 33.9 Å². The van der Waals surface area contributed by atoms with E-state index in [-0.39, 0.29) is 11.1 Å². The fourth-order valence-electron chi connectivity index (χ4n) is 2.89. The van der Waals surface area contributed by atoms with Crippen molar-refractivity contribution in [3.05, 3.63) is 28.8 Å². The van der Waals surface area contributed by atoms with Crippen LogP contribution < -0.4 is 5.46 Å². The van der Waals surface area contributed by atoms with Gasteiger partial charge in [0.15, 0.2) is 8.32 Å². The second-order valence-corrected chi connectivity index (χ2v) is 12.6. The van der Waals surface area contributed by atoms with Crippen LogP contribution in [0.3, 0.4) is 0 Å². The molecule has 1 aromatic carbocycles. The smallest absolute Gasteiger partial charge is 0.423 e. The molecule has 2 N–H and O–H groups in total. The van der Waals surface area contributed by atoms with Crippen LogP contribution in [0.2, 0.25) is 18.1 Å². The van der Waals surface area contributed by atoms with Crippen LogP contribution in [0.1, 0.15) is 50.0 Å². The van der Waals surface area contributed by atoms with Gasteiger partial charge in [0.2, 0.25) is 0 Å². The molecular weight excluding hydrogens is 336 g/mol. The molecule has 134 valence electrons. The number of alkyl halides is 3. The van der Waals surface area contributed by atoms with Crippen molar-refractivity contribution in [1.29, 1.82) is 0 Å². The second kappa shape index (κ2) is 6.16. The molecule has 0 spiro atoms. The van der Waals surface area contributed by atoms with E-state index >= 15 is 0 Å². The van der Waals surface area contributed by atoms with Crippen molar-refractivity contribution in [2.45, 2.75) is 64.0 Å². The molecule has 1 aromatic rings. The number of benzene rings is 1. The summed E-state index contributed by atoms with van der Waals surface area (Å²) in [5.74, 6) is 0. The third-order valence-corrected chi connectivity index (χ3v) is 9.69. The van der Waals surface area contributed by atoms with Gasteiger partial charge in [-0.15, -0.1) is 0 Å². The van der Waals surface area contributed by atoms with E-state index in [4.69, 9.17) is 4.43 Å². The molecule has 1 aliphatic rings. The summed E-state index contributed by atoms with van der Waals surface area (Å²) in [5.41, 5.74) is -0.398. The zero-order valence-electron chi connectivity index (χ0n) is 14.7. The first kappa shape index (κ1) is 19.5. The Kier molecular flexibility index (Phi) is 5.00. The molecule has 0 amide bonds. The van der Waals surface area contributed by atoms with Gasteiger partial charge in [-0.1, -0.05) is 26.8 Å². The zero-order chi connectivity index (χ0) is 18.5. The van der Waals surface area contributed by atoms with E-state index in [9.17, 15) is 23.2 Å². The average Bonchev–Trinajstić information content (AvgIpc) is 2.77. The molecule has 0 saturated carbocycles. The van der Waals surface area contributed by atoms with Crippen molar-refractivity contribution in [3.63, 3.8) is 0 Å². The lowest BCUT2D eigenvalue weighted by Crippen LogP contribution is -2.42. The van der Waals surface area contributed by atoms with Crippen LogP contribution >= 0.6 is 0 Å². The molecule has 24 heavy (non-hydrogen) atoms. The van der Waals surface area contributed by atoms with Gasteiger partial charge in [-0.2, -0.15) is 13.2 Å². The van der Waals surface area contributed by atoms with Gasteiger partial charge in [0.25, 0.3) is 0 Å². The minimum Gasteiger partial charge on any atom is -0.423 e. The topological polar surface area (TPSA) is 49.7 Å². The molecule has 2 rings (SSSR count). The molecule has 1 atom stereocenters. The number of hydrogen-bond donors (Lipinski definition) is 2. The summed E-state index contributed by atoms with van der Waals surface area (Å²) in [7, 11) is -4.23. The van der Waals surface area contributed by atoms with Crippen LogP contribution in [0.25, 0.3) is 0 Å². The molecule has 0 aromatic heterocycles. The van der Waals surface area contributed by atoms with Crippen molar-refractivity contribution >= 4 is 20.9 Å². The summed E-state index contributed by atoms with van der Waals surface area (Å²) in [5, 5.41) is 19.0. The molecule has 0 bridgehead atoms. The number of fused-ring (bicyclic) bond motifs is 1. The SMILES string of the molecule is CC(C)(C)[Si](C)(C)O[C@H]1CCc2c1ccc(C(F)(F)F)c2B(O)O. The Morgan fingerprint density at radius 2 is 1.75 bits per heavy atom. The Morgan fingerprint density at radius 3 is 2.21 bits per heavy atom. The lowest BCUT2D eigenvalue weighted by Gasteiger charge is -2.38. The van der Waals surface area contributed by atoms with Gasteiger partial charge < -0.3 is 14.5 Å². The third kappa shape index (κ3) is 3.56. The number of halogens is 3. The third-order valence-electron chi connectivity index (χ3n) is 5.20. The van der Waals surface area contributed by atoms with E-state index < -0.39 is 32.6 Å². The minimum atomic E-state index is -4.62. The van der Waals surface area contributed by atoms with E-state index in [1.54, 1.807) is 0 Å². The van der Waals surface area contributed by atoms with Gasteiger partial charge in [0.1, 0.15) is 0 Å². The van der Waals surface area contributed by atoms with E-state index in [0.29, 0.717) is 24.0 Å². The molecule has 3 nitrogen and oxygen atoms in total. The molecule has 0 saturated heterocycles. The molecular formula is C16H24BF3O3Si. The fraction of sp³-hybridized carbons (Fsp3) is 0.625. The lowest BCUT2D eigenvalue weighted by atomic mass is 9.72. The Bertz CT molecular complexity index is 624. The van der Waals surface area contributed by atoms with Gasteiger partial charge in [0, 0.05) is 0 Å². The quantitative estimate of drug-likeness (QED) is 0.813. The van der Waals surface area contributed by atoms with Crippen molar-refractivity contribution in [3.8, 4) is 0 Å². The van der Waals surface area contributed by atoms with Crippen LogP contribution in [0.5, 0.6) is 0 Å². The van der Waals surface area contributed by atoms with Crippen LogP contribution in [0, 0.1) is 0 Å². The first-order valence-corrected chi connectivity index (χ1v) is 10.9. The summed E-state index contributed by atoms with van der Waals surface area (Å²) in [6, 6.07) is 2.36. The molecule has 0 fully saturated rings. The maximum atomic E-state index is 13.2. The lowest BCUT2D eigenvalue weighted by molar-refractivity contribution is -0.136. The van der Waals surface area contributed by atoms with Crippen LogP contribution in [0.4, 0.5) is 13.2 Å². The Morgan fingerprint density at radius 1 is 1.17 bits per heavy atom. The summed E-state index contributed by atoms with van der Waals surface area (Å²) < 4.78 is 45.8. The largest absolute Gasteiger partial charge is 0.489 e. The summed E-state index contributed by atoms with van der Waals surface area (Å²) in [4.78, 5) is 0. The van der Waals surface area contributed by atoms with Gasteiger partial charge in [-0.3, -0.25) is 0 Å². The monoisotopic (exact) mass is 360 g/mol. The highest BCUT2D eigenvalue weighted by molar-refractivity contribution is 6.74. The van der Waals surface area contributed by atoms with Crippen LogP contribution in [0.15, 0.2) is 12.1 Å². The predicted octanol–water partition coefficient (Wildman–Crippen LogP) is 3.39. The zero-order valence-corrected chi connectivity index (χ0v) is 15.7. The van der Waals surface area contributed by atoms with Gasteiger partial charge in [-0.25, -0.2) is 0 Å². The fourth-order valence-corrected chi connectivity index (χ4v) is 4.20. The average molecular weight is 360 g/mol. The van der Waals surface area contributed by atoms with E-state index in [1.807, 2.05) is 0 Å². The van der Waals surface area contributed by atoms with E-state index in [0.717, 1.165) is 6.07 Å². The summed E-state index contributed by atoms with van der Waals surface area (Å²) in [6.07, 6.45) is -4.00. The Balaban J connectivity index is 2.45. The van der Waals surface area contributed by atoms with Crippen LogP contribution in [-0.4, -0.2) is 25.5 Å². The van der Waals surface area contributed by atoms with Crippen molar-refractivity contribution in [2.75, 3.05) is 0 Å². The highest BCUT2D eigenvalue weighted by Crippen LogP contribution is 2.44. The Hall–Kier alpha value is -0.828. The Labute approximate surface area is 142 Å². The molecule has 1 aliphatic carbocycles. The first-order chi connectivity index (χ1) is 10.8. The van der Waals surface area contributed by atoms with Gasteiger partial charge in [0.05, 0.1) is 11.7 Å². The van der Waals surface area contributed by atoms with E-state index in [1.165, 1.54) is 6.07 Å². The molecule has 0 aliphatic heterocycles. The summed E-state index contributed by atoms with van der Waals surface area (Å²) >= 11 is 0. The van der Waals surface area contributed by atoms with Gasteiger partial charge >= 0.3 is 13.3 Å². The standard InChI is InChI=1S/C16H24BF3O3Si/c1-15(2,3)24(4,5)23-13-9-7-11-10(13)6-8-12(16(18,19)20)14(11)17(21)22/h6,8,13,21-22H,7,9H2,1-5H3/t13-/m0/s1. The number of rotatable bonds is 3. The molecule has 0 heterocycles. The number of hydrogen-bond acceptors (Lipinski definition) is 3.